The zero-order chi connectivity index (χ0) is 19.1. The van der Waals surface area contributed by atoms with Crippen LogP contribution in [-0.2, 0) is 12.8 Å². The molecular formula is C22H28N4S2. The molecular weight excluding hydrogens is 384 g/mol. The normalized spacial score (nSPS) is 23.2. The van der Waals surface area contributed by atoms with Crippen LogP contribution < -0.4 is 16.4 Å². The van der Waals surface area contributed by atoms with Crippen molar-refractivity contribution in [3.05, 3.63) is 40.2 Å². The van der Waals surface area contributed by atoms with Crippen molar-refractivity contribution in [2.75, 3.05) is 23.7 Å². The van der Waals surface area contributed by atoms with E-state index in [2.05, 4.69) is 39.5 Å². The van der Waals surface area contributed by atoms with E-state index in [1.54, 1.807) is 11.3 Å². The maximum absolute atomic E-state index is 6.80. The van der Waals surface area contributed by atoms with Gasteiger partial charge in [-0.1, -0.05) is 6.07 Å². The summed E-state index contributed by atoms with van der Waals surface area (Å²) in [6.45, 7) is 2.32. The molecule has 1 aliphatic heterocycles. The minimum atomic E-state index is -0.0641. The number of hydrogen-bond acceptors (Lipinski definition) is 6. The Morgan fingerprint density at radius 2 is 2.07 bits per heavy atom. The second kappa shape index (κ2) is 7.32. The summed E-state index contributed by atoms with van der Waals surface area (Å²) in [6, 6.07) is 8.97. The highest BCUT2D eigenvalue weighted by molar-refractivity contribution is 7.17. The van der Waals surface area contributed by atoms with Crippen molar-refractivity contribution in [2.24, 2.45) is 11.7 Å². The van der Waals surface area contributed by atoms with Crippen LogP contribution >= 0.6 is 22.7 Å². The van der Waals surface area contributed by atoms with Crippen LogP contribution in [0.4, 0.5) is 10.8 Å². The molecule has 1 unspecified atom stereocenters. The Morgan fingerprint density at radius 1 is 1.21 bits per heavy atom. The second-order valence-electron chi connectivity index (χ2n) is 8.54. The Bertz CT molecular complexity index is 970. The van der Waals surface area contributed by atoms with Crippen LogP contribution in [0, 0.1) is 5.92 Å². The average Bonchev–Trinajstić information content (AvgIpc) is 3.32. The summed E-state index contributed by atoms with van der Waals surface area (Å²) >= 11 is 3.47. The molecule has 0 spiro atoms. The van der Waals surface area contributed by atoms with Gasteiger partial charge in [-0.2, -0.15) is 0 Å². The smallest absolute Gasteiger partial charge is 0.180 e. The number of nitrogen functional groups attached to an aromatic ring is 1. The summed E-state index contributed by atoms with van der Waals surface area (Å²) in [5.74, 6) is 0.797. The van der Waals surface area contributed by atoms with Crippen LogP contribution in [0.15, 0.2) is 29.6 Å². The summed E-state index contributed by atoms with van der Waals surface area (Å²) in [5, 5.41) is 4.31. The van der Waals surface area contributed by atoms with Gasteiger partial charge < -0.3 is 16.4 Å². The number of anilines is 2. The summed E-state index contributed by atoms with van der Waals surface area (Å²) in [5.41, 5.74) is 15.2. The molecule has 1 aliphatic carbocycles. The zero-order valence-electron chi connectivity index (χ0n) is 16.2. The van der Waals surface area contributed by atoms with Crippen LogP contribution in [0.1, 0.15) is 42.7 Å². The lowest BCUT2D eigenvalue weighted by molar-refractivity contribution is 0.285. The predicted octanol–water partition coefficient (Wildman–Crippen LogP) is 4.82. The van der Waals surface area contributed by atoms with Crippen LogP contribution in [0.5, 0.6) is 0 Å². The monoisotopic (exact) mass is 412 g/mol. The number of nitrogens with two attached hydrogens (primary N) is 2. The molecule has 3 aromatic rings. The first kappa shape index (κ1) is 18.4. The van der Waals surface area contributed by atoms with Crippen molar-refractivity contribution in [3.8, 4) is 0 Å². The Balaban J connectivity index is 1.17. The molecule has 1 atom stereocenters. The highest BCUT2D eigenvalue weighted by Crippen LogP contribution is 2.37. The van der Waals surface area contributed by atoms with Crippen LogP contribution in [0.25, 0.3) is 10.1 Å². The molecule has 4 nitrogen and oxygen atoms in total. The van der Waals surface area contributed by atoms with Crippen molar-refractivity contribution in [1.82, 2.24) is 4.98 Å². The number of rotatable bonds is 4. The molecule has 2 aromatic heterocycles. The summed E-state index contributed by atoms with van der Waals surface area (Å²) in [4.78, 5) is 8.36. The van der Waals surface area contributed by atoms with Gasteiger partial charge in [0, 0.05) is 45.7 Å². The lowest BCUT2D eigenvalue weighted by Crippen LogP contribution is -2.45. The molecule has 2 aliphatic rings. The lowest BCUT2D eigenvalue weighted by atomic mass is 9.78. The van der Waals surface area contributed by atoms with Gasteiger partial charge in [0.15, 0.2) is 5.13 Å². The maximum atomic E-state index is 6.80. The molecule has 4 N–H and O–H groups in total. The number of thiophene rings is 1. The predicted molar refractivity (Wildman–Crippen MR) is 121 cm³/mol. The molecule has 0 radical (unpaired) electrons. The molecule has 6 heteroatoms. The largest absolute Gasteiger partial charge is 0.375 e. The molecule has 0 saturated carbocycles. The van der Waals surface area contributed by atoms with Gasteiger partial charge in [0.05, 0.1) is 5.69 Å². The molecule has 0 amide bonds. The van der Waals surface area contributed by atoms with E-state index in [4.69, 9.17) is 11.5 Å². The van der Waals surface area contributed by atoms with Gasteiger partial charge in [-0.05, 0) is 68.0 Å². The first-order chi connectivity index (χ1) is 13.6. The highest BCUT2D eigenvalue weighted by atomic mass is 32.1. The van der Waals surface area contributed by atoms with E-state index >= 15 is 0 Å². The molecule has 1 saturated heterocycles. The molecule has 1 aromatic carbocycles. The highest BCUT2D eigenvalue weighted by Gasteiger charge is 2.33. The van der Waals surface area contributed by atoms with Crippen molar-refractivity contribution in [3.63, 3.8) is 0 Å². The summed E-state index contributed by atoms with van der Waals surface area (Å²) in [6.07, 6.45) is 7.90. The van der Waals surface area contributed by atoms with E-state index in [9.17, 15) is 0 Å². The Morgan fingerprint density at radius 3 is 2.93 bits per heavy atom. The number of aromatic nitrogens is 1. The van der Waals surface area contributed by atoms with Crippen molar-refractivity contribution in [1.29, 1.82) is 0 Å². The molecule has 5 rings (SSSR count). The summed E-state index contributed by atoms with van der Waals surface area (Å²) in [7, 11) is 0. The third kappa shape index (κ3) is 3.53. The van der Waals surface area contributed by atoms with Crippen molar-refractivity contribution >= 4 is 43.6 Å². The number of hydrogen-bond donors (Lipinski definition) is 2. The van der Waals surface area contributed by atoms with Gasteiger partial charge in [-0.15, -0.1) is 22.7 Å². The van der Waals surface area contributed by atoms with Crippen LogP contribution in [0.3, 0.4) is 0 Å². The van der Waals surface area contributed by atoms with E-state index in [0.717, 1.165) is 44.7 Å². The van der Waals surface area contributed by atoms with Crippen molar-refractivity contribution < 1.29 is 0 Å². The third-order valence-electron chi connectivity index (χ3n) is 6.65. The Kier molecular flexibility index (Phi) is 4.81. The van der Waals surface area contributed by atoms with Gasteiger partial charge in [0.1, 0.15) is 0 Å². The van der Waals surface area contributed by atoms with Gasteiger partial charge in [0.2, 0.25) is 0 Å². The Hall–Kier alpha value is -1.63. The van der Waals surface area contributed by atoms with E-state index < -0.39 is 0 Å². The molecule has 3 heterocycles. The first-order valence-electron chi connectivity index (χ1n) is 10.3. The van der Waals surface area contributed by atoms with E-state index in [0.29, 0.717) is 5.13 Å². The number of piperidine rings is 1. The van der Waals surface area contributed by atoms with Gasteiger partial charge >= 0.3 is 0 Å². The fourth-order valence-electron chi connectivity index (χ4n) is 4.93. The average molecular weight is 413 g/mol. The quantitative estimate of drug-likeness (QED) is 0.644. The number of nitrogens with zero attached hydrogens (tertiary/aromatic N) is 2. The number of thiazole rings is 1. The molecule has 0 bridgehead atoms. The SMILES string of the molecule is Nc1nc2c(s1)CC(N)(CCC1CCN(c3cccc4sccc34)CC1)CC2. The topological polar surface area (TPSA) is 68.2 Å². The third-order valence-corrected chi connectivity index (χ3v) is 8.45. The minimum absolute atomic E-state index is 0.0641. The molecule has 148 valence electrons. The van der Waals surface area contributed by atoms with E-state index in [1.165, 1.54) is 45.6 Å². The standard InChI is InChI=1S/C22H28N4S2/c23-21-25-17-5-10-22(24,14-20(17)28-21)9-4-15-6-11-26(12-7-15)18-2-1-3-19-16(18)8-13-27-19/h1-3,8,13,15H,4-7,9-12,14,24H2,(H2,23,25). The van der Waals surface area contributed by atoms with Crippen LogP contribution in [0.2, 0.25) is 0 Å². The number of aryl methyl sites for hydroxylation is 1. The zero-order valence-corrected chi connectivity index (χ0v) is 17.8. The molecule has 1 fully saturated rings. The lowest BCUT2D eigenvalue weighted by Gasteiger charge is -2.37. The fraction of sp³-hybridized carbons (Fsp3) is 0.500. The van der Waals surface area contributed by atoms with Crippen molar-refractivity contribution in [2.45, 2.75) is 50.5 Å². The Labute approximate surface area is 174 Å². The van der Waals surface area contributed by atoms with E-state index in [1.807, 2.05) is 11.3 Å². The second-order valence-corrected chi connectivity index (χ2v) is 10.6. The molecule has 28 heavy (non-hydrogen) atoms. The first-order valence-corrected chi connectivity index (χ1v) is 12.0. The van der Waals surface area contributed by atoms with E-state index in [-0.39, 0.29) is 5.54 Å². The van der Waals surface area contributed by atoms with Gasteiger partial charge in [-0.3, -0.25) is 0 Å². The van der Waals surface area contributed by atoms with Crippen LogP contribution in [-0.4, -0.2) is 23.6 Å². The summed E-state index contributed by atoms with van der Waals surface area (Å²) < 4.78 is 1.39. The maximum Gasteiger partial charge on any atom is 0.180 e. The number of fused-ring (bicyclic) bond motifs is 2. The van der Waals surface area contributed by atoms with Gasteiger partial charge in [-0.25, -0.2) is 4.98 Å². The van der Waals surface area contributed by atoms with Gasteiger partial charge in [0.25, 0.3) is 0 Å². The number of benzene rings is 1. The fourth-order valence-corrected chi connectivity index (χ4v) is 6.77. The minimum Gasteiger partial charge on any atom is -0.375 e.